The smallest absolute Gasteiger partial charge is 0.213 e. The minimum absolute atomic E-state index is 0.0611. The van der Waals surface area contributed by atoms with E-state index in [4.69, 9.17) is 26.2 Å². The first-order chi connectivity index (χ1) is 15.7. The van der Waals surface area contributed by atoms with Crippen molar-refractivity contribution in [3.63, 3.8) is 0 Å². The third-order valence-electron chi connectivity index (χ3n) is 6.24. The van der Waals surface area contributed by atoms with Gasteiger partial charge in [-0.05, 0) is 64.9 Å². The monoisotopic (exact) mass is 440 g/mol. The Bertz CT molecular complexity index is 1350. The predicted molar refractivity (Wildman–Crippen MR) is 127 cm³/mol. The summed E-state index contributed by atoms with van der Waals surface area (Å²) >= 11 is 6.35. The van der Waals surface area contributed by atoms with E-state index in [0.29, 0.717) is 5.02 Å². The first kappa shape index (κ1) is 19.2. The molecule has 4 aromatic carbocycles. The molecule has 0 saturated carbocycles. The van der Waals surface area contributed by atoms with Crippen molar-refractivity contribution < 1.29 is 9.47 Å². The van der Waals surface area contributed by atoms with E-state index < -0.39 is 0 Å². The van der Waals surface area contributed by atoms with Crippen LogP contribution in [0.15, 0.2) is 90.0 Å². The summed E-state index contributed by atoms with van der Waals surface area (Å²) in [5, 5.41) is 10.3. The zero-order chi connectivity index (χ0) is 21.7. The summed E-state index contributed by atoms with van der Waals surface area (Å²) in [5.41, 5.74) is 4.28. The van der Waals surface area contributed by atoms with E-state index in [1.807, 2.05) is 42.5 Å². The molecule has 158 valence electrons. The van der Waals surface area contributed by atoms with Crippen molar-refractivity contribution in [1.29, 1.82) is 0 Å². The van der Waals surface area contributed by atoms with Crippen LogP contribution in [0.1, 0.15) is 35.4 Å². The highest BCUT2D eigenvalue weighted by Crippen LogP contribution is 2.48. The summed E-state index contributed by atoms with van der Waals surface area (Å²) in [7, 11) is 1.67. The molecule has 0 N–H and O–H groups in total. The summed E-state index contributed by atoms with van der Waals surface area (Å²) in [6, 6.07) is 28.8. The highest BCUT2D eigenvalue weighted by Gasteiger charge is 2.41. The van der Waals surface area contributed by atoms with Gasteiger partial charge in [0.2, 0.25) is 6.23 Å². The fourth-order valence-electron chi connectivity index (χ4n) is 4.59. The second-order valence-corrected chi connectivity index (χ2v) is 8.57. The van der Waals surface area contributed by atoms with Crippen LogP contribution in [0.2, 0.25) is 5.02 Å². The Morgan fingerprint density at radius 2 is 1.75 bits per heavy atom. The van der Waals surface area contributed by atoms with E-state index >= 15 is 0 Å². The van der Waals surface area contributed by atoms with Gasteiger partial charge in [0.05, 0.1) is 18.9 Å². The number of hydrogen-bond donors (Lipinski definition) is 0. The van der Waals surface area contributed by atoms with Crippen molar-refractivity contribution in [2.75, 3.05) is 7.11 Å². The van der Waals surface area contributed by atoms with E-state index in [-0.39, 0.29) is 12.3 Å². The van der Waals surface area contributed by atoms with E-state index in [9.17, 15) is 0 Å². The topological polar surface area (TPSA) is 34.1 Å². The Kier molecular flexibility index (Phi) is 4.54. The maximum Gasteiger partial charge on any atom is 0.213 e. The van der Waals surface area contributed by atoms with Crippen LogP contribution in [0, 0.1) is 0 Å². The van der Waals surface area contributed by atoms with E-state index in [2.05, 4.69) is 47.5 Å². The van der Waals surface area contributed by atoms with Crippen LogP contribution in [0.4, 0.5) is 0 Å². The number of halogens is 1. The number of hydrogen-bond acceptors (Lipinski definition) is 4. The molecule has 0 spiro atoms. The number of methoxy groups -OCH3 is 1. The maximum atomic E-state index is 6.43. The third-order valence-corrected chi connectivity index (χ3v) is 6.47. The summed E-state index contributed by atoms with van der Waals surface area (Å²) < 4.78 is 11.8. The van der Waals surface area contributed by atoms with Crippen molar-refractivity contribution in [2.24, 2.45) is 5.10 Å². The molecule has 6 rings (SSSR count). The average Bonchev–Trinajstić information content (AvgIpc) is 3.29. The van der Waals surface area contributed by atoms with E-state index in [1.165, 1.54) is 10.8 Å². The Labute approximate surface area is 191 Å². The minimum atomic E-state index is -0.322. The SMILES string of the molecule is COc1ccc([C@H]2Oc3ccc(Cl)cc3[C@H]3CC(c4ccc5ccccc5c4)=NN32)cc1. The van der Waals surface area contributed by atoms with Gasteiger partial charge < -0.3 is 9.47 Å². The Morgan fingerprint density at radius 3 is 2.56 bits per heavy atom. The number of hydrazone groups is 1. The van der Waals surface area contributed by atoms with Gasteiger partial charge in [0.15, 0.2) is 0 Å². The number of fused-ring (bicyclic) bond motifs is 4. The summed E-state index contributed by atoms with van der Waals surface area (Å²) in [4.78, 5) is 0. The van der Waals surface area contributed by atoms with Gasteiger partial charge in [0.25, 0.3) is 0 Å². The lowest BCUT2D eigenvalue weighted by molar-refractivity contribution is -0.0190. The summed E-state index contributed by atoms with van der Waals surface area (Å²) in [6.45, 7) is 0. The second kappa shape index (κ2) is 7.57. The number of ether oxygens (including phenoxy) is 2. The molecule has 5 heteroatoms. The maximum absolute atomic E-state index is 6.43. The third kappa shape index (κ3) is 3.19. The van der Waals surface area contributed by atoms with Gasteiger partial charge in [0.1, 0.15) is 11.5 Å². The molecule has 2 atom stereocenters. The number of nitrogens with zero attached hydrogens (tertiary/aromatic N) is 2. The molecule has 0 radical (unpaired) electrons. The van der Waals surface area contributed by atoms with Crippen molar-refractivity contribution in [3.8, 4) is 11.5 Å². The fourth-order valence-corrected chi connectivity index (χ4v) is 4.77. The zero-order valence-electron chi connectivity index (χ0n) is 17.5. The molecule has 4 nitrogen and oxygen atoms in total. The molecule has 0 fully saturated rings. The largest absolute Gasteiger partial charge is 0.497 e. The second-order valence-electron chi connectivity index (χ2n) is 8.13. The molecule has 2 aliphatic rings. The Morgan fingerprint density at radius 1 is 0.938 bits per heavy atom. The van der Waals surface area contributed by atoms with Crippen LogP contribution in [-0.4, -0.2) is 17.8 Å². The van der Waals surface area contributed by atoms with Gasteiger partial charge in [-0.2, -0.15) is 5.10 Å². The van der Waals surface area contributed by atoms with Crippen LogP contribution >= 0.6 is 11.6 Å². The molecular weight excluding hydrogens is 420 g/mol. The molecule has 0 saturated heterocycles. The molecule has 0 bridgehead atoms. The van der Waals surface area contributed by atoms with Crippen LogP contribution in [0.5, 0.6) is 11.5 Å². The first-order valence-corrected chi connectivity index (χ1v) is 11.0. The van der Waals surface area contributed by atoms with Gasteiger partial charge >= 0.3 is 0 Å². The van der Waals surface area contributed by atoms with Crippen molar-refractivity contribution in [2.45, 2.75) is 18.7 Å². The minimum Gasteiger partial charge on any atom is -0.497 e. The quantitative estimate of drug-likeness (QED) is 0.353. The highest BCUT2D eigenvalue weighted by molar-refractivity contribution is 6.30. The fraction of sp³-hybridized carbons (Fsp3) is 0.148. The standard InChI is InChI=1S/C27H21ClN2O2/c1-31-22-11-8-18(9-12-22)27-30-25(23-15-21(28)10-13-26(23)32-27)16-24(29-30)20-7-6-17-4-2-3-5-19(17)14-20/h2-15,25,27H,16H2,1H3/t25-,27-/m1/s1. The average molecular weight is 441 g/mol. The molecule has 0 aromatic heterocycles. The Balaban J connectivity index is 1.44. The van der Waals surface area contributed by atoms with Crippen LogP contribution in [0.25, 0.3) is 10.8 Å². The molecule has 32 heavy (non-hydrogen) atoms. The van der Waals surface area contributed by atoms with Crippen molar-refractivity contribution >= 4 is 28.1 Å². The highest BCUT2D eigenvalue weighted by atomic mass is 35.5. The molecule has 0 aliphatic carbocycles. The first-order valence-electron chi connectivity index (χ1n) is 10.6. The molecule has 0 unspecified atom stereocenters. The van der Waals surface area contributed by atoms with Crippen LogP contribution < -0.4 is 9.47 Å². The molecule has 2 heterocycles. The lowest BCUT2D eigenvalue weighted by atomic mass is 9.95. The number of rotatable bonds is 3. The predicted octanol–water partition coefficient (Wildman–Crippen LogP) is 6.74. The van der Waals surface area contributed by atoms with E-state index in [1.54, 1.807) is 7.11 Å². The van der Waals surface area contributed by atoms with Crippen LogP contribution in [0.3, 0.4) is 0 Å². The van der Waals surface area contributed by atoms with Gasteiger partial charge in [-0.1, -0.05) is 48.0 Å². The van der Waals surface area contributed by atoms with E-state index in [0.717, 1.165) is 40.3 Å². The summed E-state index contributed by atoms with van der Waals surface area (Å²) in [6.07, 6.45) is 0.472. The normalized spacial score (nSPS) is 19.2. The number of benzene rings is 4. The van der Waals surface area contributed by atoms with Gasteiger partial charge in [0, 0.05) is 22.6 Å². The lowest BCUT2D eigenvalue weighted by Crippen LogP contribution is -2.33. The zero-order valence-corrected chi connectivity index (χ0v) is 18.3. The molecule has 2 aliphatic heterocycles. The summed E-state index contributed by atoms with van der Waals surface area (Å²) in [5.74, 6) is 1.67. The molecular formula is C27H21ClN2O2. The molecule has 4 aromatic rings. The Hall–Kier alpha value is -3.50. The lowest BCUT2D eigenvalue weighted by Gasteiger charge is -2.38. The van der Waals surface area contributed by atoms with Gasteiger partial charge in [-0.15, -0.1) is 0 Å². The molecule has 0 amide bonds. The van der Waals surface area contributed by atoms with Crippen molar-refractivity contribution in [3.05, 3.63) is 107 Å². The van der Waals surface area contributed by atoms with Gasteiger partial charge in [-0.25, -0.2) is 5.01 Å². The van der Waals surface area contributed by atoms with Crippen molar-refractivity contribution in [1.82, 2.24) is 5.01 Å². The van der Waals surface area contributed by atoms with Crippen LogP contribution in [-0.2, 0) is 0 Å². The van der Waals surface area contributed by atoms with Gasteiger partial charge in [-0.3, -0.25) is 0 Å².